The van der Waals surface area contributed by atoms with Gasteiger partial charge in [-0.25, -0.2) is 0 Å². The Morgan fingerprint density at radius 1 is 0.947 bits per heavy atom. The summed E-state index contributed by atoms with van der Waals surface area (Å²) >= 11 is 0. The molecule has 2 atom stereocenters. The van der Waals surface area contributed by atoms with Gasteiger partial charge in [0.2, 0.25) is 0 Å². The minimum atomic E-state index is -0.843. The molecule has 0 fully saturated rings. The molecule has 0 saturated carbocycles. The van der Waals surface area contributed by atoms with Crippen LogP contribution in [0.15, 0.2) is 108 Å². The number of aliphatic carboxylic acids is 1. The van der Waals surface area contributed by atoms with Crippen LogP contribution in [0.4, 0.5) is 0 Å². The molecule has 0 spiro atoms. The highest BCUT2D eigenvalue weighted by molar-refractivity contribution is 5.89. The lowest BCUT2D eigenvalue weighted by molar-refractivity contribution is -0.137. The fourth-order valence-electron chi connectivity index (χ4n) is 3.98. The Bertz CT molecular complexity index is 1250. The molecular weight excluding hydrogens is 480 g/mol. The minimum Gasteiger partial charge on any atom is -0.489 e. The topological polar surface area (TPSA) is 89.4 Å². The van der Waals surface area contributed by atoms with Crippen molar-refractivity contribution in [3.05, 3.63) is 114 Å². The normalized spacial score (nSPS) is 15.6. The van der Waals surface area contributed by atoms with E-state index in [2.05, 4.69) is 22.6 Å². The van der Waals surface area contributed by atoms with Crippen molar-refractivity contribution in [3.63, 3.8) is 0 Å². The molecule has 0 aromatic heterocycles. The highest BCUT2D eigenvalue weighted by atomic mass is 16.6. The number of carboxylic acids is 1. The summed E-state index contributed by atoms with van der Waals surface area (Å²) in [4.78, 5) is 16.7. The third-order valence-electron chi connectivity index (χ3n) is 6.15. The molecule has 1 aliphatic carbocycles. The van der Waals surface area contributed by atoms with Gasteiger partial charge < -0.3 is 24.7 Å². The average Bonchev–Trinajstić information content (AvgIpc) is 2.96. The van der Waals surface area contributed by atoms with Gasteiger partial charge in [-0.05, 0) is 61.0 Å². The van der Waals surface area contributed by atoms with Gasteiger partial charge >= 0.3 is 5.97 Å². The first-order valence-electron chi connectivity index (χ1n) is 12.6. The summed E-state index contributed by atoms with van der Waals surface area (Å²) in [6.45, 7) is 0.717. The lowest BCUT2D eigenvalue weighted by atomic mass is 9.96. The van der Waals surface area contributed by atoms with Crippen molar-refractivity contribution in [1.82, 2.24) is 5.32 Å². The Kier molecular flexibility index (Phi) is 9.70. The maximum absolute atomic E-state index is 11.0. The second-order valence-corrected chi connectivity index (χ2v) is 8.87. The molecule has 2 N–H and O–H groups in total. The Morgan fingerprint density at radius 3 is 2.32 bits per heavy atom. The summed E-state index contributed by atoms with van der Waals surface area (Å²) in [6, 6.07) is 24.5. The Hall–Kier alpha value is -4.36. The van der Waals surface area contributed by atoms with E-state index in [0.29, 0.717) is 24.7 Å². The highest BCUT2D eigenvalue weighted by Crippen LogP contribution is 2.22. The summed E-state index contributed by atoms with van der Waals surface area (Å²) in [5.41, 5.74) is 2.72. The van der Waals surface area contributed by atoms with E-state index >= 15 is 0 Å². The van der Waals surface area contributed by atoms with Crippen LogP contribution in [0.2, 0.25) is 0 Å². The molecule has 0 bridgehead atoms. The molecule has 196 valence electrons. The van der Waals surface area contributed by atoms with E-state index in [9.17, 15) is 4.79 Å². The fourth-order valence-corrected chi connectivity index (χ4v) is 3.98. The van der Waals surface area contributed by atoms with Gasteiger partial charge in [0.05, 0.1) is 6.42 Å². The van der Waals surface area contributed by atoms with Gasteiger partial charge in [0, 0.05) is 12.0 Å². The standard InChI is InChI=1S/C31H32N2O5/c1-32-29(20-31(34)35)25-14-18-27(19-15-25)36-21-23-12-16-26(17-13-23)37-22-30(24-8-4-2-5-9-24)33-38-28-10-6-3-7-11-28/h2-8,10-19,24,29,32H,9,20-22H2,1H3,(H,34,35)/b33-30+. The number of nitrogens with zero attached hydrogens (tertiary/aromatic N) is 1. The molecule has 3 aromatic rings. The summed E-state index contributed by atoms with van der Waals surface area (Å²) < 4.78 is 11.9. The van der Waals surface area contributed by atoms with Gasteiger partial charge in [-0.15, -0.1) is 0 Å². The van der Waals surface area contributed by atoms with E-state index in [1.165, 1.54) is 0 Å². The van der Waals surface area contributed by atoms with E-state index < -0.39 is 5.97 Å². The van der Waals surface area contributed by atoms with Gasteiger partial charge in [0.25, 0.3) is 0 Å². The second-order valence-electron chi connectivity index (χ2n) is 8.87. The van der Waals surface area contributed by atoms with Crippen molar-refractivity contribution in [2.45, 2.75) is 25.5 Å². The zero-order chi connectivity index (χ0) is 26.6. The Balaban J connectivity index is 1.31. The Labute approximate surface area is 223 Å². The van der Waals surface area contributed by atoms with Crippen LogP contribution in [-0.2, 0) is 11.4 Å². The molecule has 3 aromatic carbocycles. The van der Waals surface area contributed by atoms with E-state index in [1.54, 1.807) is 7.05 Å². The van der Waals surface area contributed by atoms with Crippen LogP contribution < -0.4 is 19.6 Å². The zero-order valence-corrected chi connectivity index (χ0v) is 21.3. The van der Waals surface area contributed by atoms with Gasteiger partial charge in [0.1, 0.15) is 30.4 Å². The van der Waals surface area contributed by atoms with E-state index in [-0.39, 0.29) is 18.4 Å². The molecule has 0 aliphatic heterocycles. The van der Waals surface area contributed by atoms with Gasteiger partial charge in [-0.2, -0.15) is 0 Å². The summed E-state index contributed by atoms with van der Waals surface area (Å²) in [6.07, 6.45) is 9.13. The third kappa shape index (κ3) is 8.08. The molecule has 38 heavy (non-hydrogen) atoms. The molecule has 7 nitrogen and oxygen atoms in total. The SMILES string of the molecule is CNC(CC(=O)O)c1ccc(OCc2ccc(OC/C(=N\Oc3ccccc3)C3C=CC=CC3)cc2)cc1. The number of ether oxygens (including phenoxy) is 2. The van der Waals surface area contributed by atoms with Crippen LogP contribution in [-0.4, -0.2) is 30.4 Å². The number of hydrogen-bond donors (Lipinski definition) is 2. The first-order chi connectivity index (χ1) is 18.6. The number of allylic oxidation sites excluding steroid dienone is 4. The van der Waals surface area contributed by atoms with E-state index in [0.717, 1.165) is 29.0 Å². The van der Waals surface area contributed by atoms with Gasteiger partial charge in [-0.1, -0.05) is 71.9 Å². The monoisotopic (exact) mass is 512 g/mol. The van der Waals surface area contributed by atoms with Crippen molar-refractivity contribution >= 4 is 11.7 Å². The molecule has 1 aliphatic rings. The summed E-state index contributed by atoms with van der Waals surface area (Å²) in [5, 5.41) is 16.5. The molecule has 4 rings (SSSR count). The highest BCUT2D eigenvalue weighted by Gasteiger charge is 2.16. The lowest BCUT2D eigenvalue weighted by Crippen LogP contribution is -2.22. The number of carbonyl (C=O) groups is 1. The first kappa shape index (κ1) is 26.7. The maximum atomic E-state index is 11.0. The number of oxime groups is 1. The number of carboxylic acid groups (broad SMARTS) is 1. The van der Waals surface area contributed by atoms with Crippen molar-refractivity contribution < 1.29 is 24.2 Å². The van der Waals surface area contributed by atoms with E-state index in [4.69, 9.17) is 19.4 Å². The quantitative estimate of drug-likeness (QED) is 0.217. The number of para-hydroxylation sites is 1. The van der Waals surface area contributed by atoms with Crippen molar-refractivity contribution in [3.8, 4) is 17.2 Å². The number of benzene rings is 3. The fraction of sp³-hybridized carbons (Fsp3) is 0.226. The molecule has 0 heterocycles. The first-order valence-corrected chi connectivity index (χ1v) is 12.6. The van der Waals surface area contributed by atoms with Crippen LogP contribution in [0.1, 0.15) is 30.0 Å². The predicted octanol–water partition coefficient (Wildman–Crippen LogP) is 5.95. The van der Waals surface area contributed by atoms with Crippen molar-refractivity contribution in [2.75, 3.05) is 13.7 Å². The molecule has 0 radical (unpaired) electrons. The minimum absolute atomic E-state index is 0.0208. The largest absolute Gasteiger partial charge is 0.489 e. The second kappa shape index (κ2) is 13.8. The molecular formula is C31H32N2O5. The molecule has 0 amide bonds. The lowest BCUT2D eigenvalue weighted by Gasteiger charge is -2.17. The van der Waals surface area contributed by atoms with Crippen LogP contribution in [0, 0.1) is 5.92 Å². The van der Waals surface area contributed by atoms with Gasteiger partial charge in [0.15, 0.2) is 5.75 Å². The number of rotatable bonds is 13. The van der Waals surface area contributed by atoms with Crippen molar-refractivity contribution in [2.24, 2.45) is 11.1 Å². The molecule has 2 unspecified atom stereocenters. The summed E-state index contributed by atoms with van der Waals surface area (Å²) in [7, 11) is 1.75. The predicted molar refractivity (Wildman–Crippen MR) is 148 cm³/mol. The maximum Gasteiger partial charge on any atom is 0.305 e. The van der Waals surface area contributed by atoms with E-state index in [1.807, 2.05) is 91.0 Å². The van der Waals surface area contributed by atoms with Crippen LogP contribution in [0.3, 0.4) is 0 Å². The Morgan fingerprint density at radius 2 is 1.66 bits per heavy atom. The van der Waals surface area contributed by atoms with Gasteiger partial charge in [-0.3, -0.25) is 4.79 Å². The molecule has 7 heteroatoms. The van der Waals surface area contributed by atoms with Crippen LogP contribution in [0.5, 0.6) is 17.2 Å². The molecule has 0 saturated heterocycles. The van der Waals surface area contributed by atoms with Crippen molar-refractivity contribution in [1.29, 1.82) is 0 Å². The summed E-state index contributed by atoms with van der Waals surface area (Å²) in [5.74, 6) is 1.41. The van der Waals surface area contributed by atoms with Crippen LogP contribution >= 0.6 is 0 Å². The zero-order valence-electron chi connectivity index (χ0n) is 21.3. The smallest absolute Gasteiger partial charge is 0.305 e. The number of nitrogens with one attached hydrogen (secondary N) is 1. The number of hydrogen-bond acceptors (Lipinski definition) is 6. The average molecular weight is 513 g/mol. The third-order valence-corrected chi connectivity index (χ3v) is 6.15. The van der Waals surface area contributed by atoms with Crippen LogP contribution in [0.25, 0.3) is 0 Å².